The first-order valence-corrected chi connectivity index (χ1v) is 4.52. The van der Waals surface area contributed by atoms with Gasteiger partial charge in [-0.3, -0.25) is 4.90 Å². The zero-order valence-corrected chi connectivity index (χ0v) is 10.2. The molecule has 0 rings (SSSR count). The van der Waals surface area contributed by atoms with Crippen molar-refractivity contribution in [3.05, 3.63) is 12.2 Å². The van der Waals surface area contributed by atoms with E-state index >= 15 is 0 Å². The Bertz CT molecular complexity index is 193. The molecule has 1 unspecified atom stereocenters. The van der Waals surface area contributed by atoms with Gasteiger partial charge in [-0.15, -0.1) is 12.4 Å². The highest BCUT2D eigenvalue weighted by Crippen LogP contribution is 2.07. The molecule has 0 heterocycles. The van der Waals surface area contributed by atoms with Crippen LogP contribution in [-0.4, -0.2) is 31.2 Å². The van der Waals surface area contributed by atoms with Gasteiger partial charge in [0.2, 0.25) is 0 Å². The second-order valence-electron chi connectivity index (χ2n) is 3.39. The van der Waals surface area contributed by atoms with Crippen LogP contribution in [0.15, 0.2) is 12.2 Å². The van der Waals surface area contributed by atoms with Crippen LogP contribution in [-0.2, 0) is 9.53 Å². The van der Waals surface area contributed by atoms with Crippen LogP contribution in [0.2, 0.25) is 0 Å². The molecule has 1 atom stereocenters. The van der Waals surface area contributed by atoms with Crippen molar-refractivity contribution in [2.45, 2.75) is 32.9 Å². The van der Waals surface area contributed by atoms with Gasteiger partial charge in [-0.1, -0.05) is 19.9 Å². The van der Waals surface area contributed by atoms with Crippen LogP contribution in [0, 0.1) is 0 Å². The Morgan fingerprint density at radius 1 is 1.50 bits per heavy atom. The van der Waals surface area contributed by atoms with Crippen molar-refractivity contribution in [1.29, 1.82) is 0 Å². The SMILES string of the molecule is C=C(C)C(=O)OC(CCC)N(C)C.Cl. The number of carbonyl (C=O) groups excluding carboxylic acids is 1. The van der Waals surface area contributed by atoms with Crippen molar-refractivity contribution < 1.29 is 9.53 Å². The van der Waals surface area contributed by atoms with Gasteiger partial charge in [0.15, 0.2) is 6.23 Å². The molecule has 0 aliphatic carbocycles. The molecule has 0 N–H and O–H groups in total. The van der Waals surface area contributed by atoms with Gasteiger partial charge in [0.1, 0.15) is 0 Å². The van der Waals surface area contributed by atoms with E-state index in [9.17, 15) is 4.79 Å². The number of halogens is 1. The Kier molecular flexibility index (Phi) is 8.89. The van der Waals surface area contributed by atoms with Gasteiger partial charge in [-0.2, -0.15) is 0 Å². The molecular formula is C10H20ClNO2. The average Bonchev–Trinajstić information content (AvgIpc) is 2.03. The fraction of sp³-hybridized carbons (Fsp3) is 0.700. The van der Waals surface area contributed by atoms with Crippen LogP contribution >= 0.6 is 12.4 Å². The number of esters is 1. The second kappa shape index (κ2) is 7.83. The van der Waals surface area contributed by atoms with Crippen LogP contribution in [0.25, 0.3) is 0 Å². The Morgan fingerprint density at radius 2 is 2.00 bits per heavy atom. The van der Waals surface area contributed by atoms with E-state index in [-0.39, 0.29) is 24.6 Å². The first-order valence-electron chi connectivity index (χ1n) is 4.52. The van der Waals surface area contributed by atoms with Gasteiger partial charge >= 0.3 is 5.97 Å². The Morgan fingerprint density at radius 3 is 2.29 bits per heavy atom. The molecule has 0 aliphatic heterocycles. The number of ether oxygens (including phenoxy) is 1. The zero-order valence-electron chi connectivity index (χ0n) is 9.37. The van der Waals surface area contributed by atoms with Crippen LogP contribution in [0.1, 0.15) is 26.7 Å². The molecule has 0 aromatic rings. The lowest BCUT2D eigenvalue weighted by Crippen LogP contribution is -2.32. The number of hydrogen-bond acceptors (Lipinski definition) is 3. The molecule has 0 aromatic heterocycles. The molecule has 0 amide bonds. The predicted molar refractivity (Wildman–Crippen MR) is 60.5 cm³/mol. The Labute approximate surface area is 92.5 Å². The molecule has 4 heteroatoms. The fourth-order valence-electron chi connectivity index (χ4n) is 0.894. The highest BCUT2D eigenvalue weighted by Gasteiger charge is 2.15. The summed E-state index contributed by atoms with van der Waals surface area (Å²) < 4.78 is 5.20. The maximum Gasteiger partial charge on any atom is 0.334 e. The first-order chi connectivity index (χ1) is 5.99. The van der Waals surface area contributed by atoms with Crippen molar-refractivity contribution in [1.82, 2.24) is 4.90 Å². The molecule has 0 aliphatic rings. The van der Waals surface area contributed by atoms with E-state index in [4.69, 9.17) is 4.74 Å². The summed E-state index contributed by atoms with van der Waals surface area (Å²) in [5, 5.41) is 0. The molecule has 0 spiro atoms. The van der Waals surface area contributed by atoms with Crippen molar-refractivity contribution in [2.75, 3.05) is 14.1 Å². The van der Waals surface area contributed by atoms with Crippen LogP contribution < -0.4 is 0 Å². The maximum atomic E-state index is 11.2. The lowest BCUT2D eigenvalue weighted by molar-refractivity contribution is -0.152. The smallest absolute Gasteiger partial charge is 0.334 e. The zero-order chi connectivity index (χ0) is 10.4. The molecule has 0 radical (unpaired) electrons. The molecule has 14 heavy (non-hydrogen) atoms. The lowest BCUT2D eigenvalue weighted by atomic mass is 10.3. The van der Waals surface area contributed by atoms with Gasteiger partial charge in [0.05, 0.1) is 0 Å². The van der Waals surface area contributed by atoms with E-state index in [0.29, 0.717) is 5.57 Å². The van der Waals surface area contributed by atoms with E-state index in [0.717, 1.165) is 12.8 Å². The first kappa shape index (κ1) is 15.9. The predicted octanol–water partition coefficient (Wildman–Crippen LogP) is 2.22. The molecule has 0 aromatic carbocycles. The Hall–Kier alpha value is -0.540. The van der Waals surface area contributed by atoms with Gasteiger partial charge in [-0.25, -0.2) is 4.79 Å². The molecule has 0 saturated heterocycles. The number of nitrogens with zero attached hydrogens (tertiary/aromatic N) is 1. The quantitative estimate of drug-likeness (QED) is 0.405. The fourth-order valence-corrected chi connectivity index (χ4v) is 0.894. The summed E-state index contributed by atoms with van der Waals surface area (Å²) in [5.74, 6) is -0.313. The summed E-state index contributed by atoms with van der Waals surface area (Å²) in [4.78, 5) is 13.1. The molecule has 3 nitrogen and oxygen atoms in total. The summed E-state index contributed by atoms with van der Waals surface area (Å²) in [6.07, 6.45) is 1.72. The van der Waals surface area contributed by atoms with Gasteiger partial charge in [0, 0.05) is 5.57 Å². The number of rotatable bonds is 5. The monoisotopic (exact) mass is 221 g/mol. The average molecular weight is 222 g/mol. The third-order valence-corrected chi connectivity index (χ3v) is 1.70. The summed E-state index contributed by atoms with van der Waals surface area (Å²) in [6.45, 7) is 7.25. The molecule has 0 bridgehead atoms. The highest BCUT2D eigenvalue weighted by molar-refractivity contribution is 5.87. The Balaban J connectivity index is 0. The summed E-state index contributed by atoms with van der Waals surface area (Å²) in [5.41, 5.74) is 0.447. The van der Waals surface area contributed by atoms with E-state index in [1.54, 1.807) is 6.92 Å². The van der Waals surface area contributed by atoms with Gasteiger partial charge in [0.25, 0.3) is 0 Å². The van der Waals surface area contributed by atoms with Crippen molar-refractivity contribution in [3.63, 3.8) is 0 Å². The van der Waals surface area contributed by atoms with Crippen molar-refractivity contribution >= 4 is 18.4 Å². The summed E-state index contributed by atoms with van der Waals surface area (Å²) >= 11 is 0. The lowest BCUT2D eigenvalue weighted by Gasteiger charge is -2.23. The second-order valence-corrected chi connectivity index (χ2v) is 3.39. The third-order valence-electron chi connectivity index (χ3n) is 1.70. The molecular weight excluding hydrogens is 202 g/mol. The minimum absolute atomic E-state index is 0. The molecule has 0 saturated carbocycles. The van der Waals surface area contributed by atoms with Crippen LogP contribution in [0.5, 0.6) is 0 Å². The molecule has 0 fully saturated rings. The van der Waals surface area contributed by atoms with E-state index in [1.165, 1.54) is 0 Å². The third kappa shape index (κ3) is 6.00. The minimum atomic E-state index is -0.313. The maximum absolute atomic E-state index is 11.2. The van der Waals surface area contributed by atoms with E-state index < -0.39 is 0 Å². The largest absolute Gasteiger partial charge is 0.443 e. The topological polar surface area (TPSA) is 29.5 Å². The van der Waals surface area contributed by atoms with Crippen LogP contribution in [0.3, 0.4) is 0 Å². The summed E-state index contributed by atoms with van der Waals surface area (Å²) in [7, 11) is 3.79. The van der Waals surface area contributed by atoms with Gasteiger partial charge in [-0.05, 0) is 27.4 Å². The van der Waals surface area contributed by atoms with Gasteiger partial charge < -0.3 is 4.74 Å². The minimum Gasteiger partial charge on any atom is -0.443 e. The number of hydrogen-bond donors (Lipinski definition) is 0. The van der Waals surface area contributed by atoms with Crippen molar-refractivity contribution in [3.8, 4) is 0 Å². The normalized spacial score (nSPS) is 11.8. The standard InChI is InChI=1S/C10H19NO2.ClH/c1-6-7-9(11(4)5)13-10(12)8(2)3;/h9H,2,6-7H2,1,3-5H3;1H. The summed E-state index contributed by atoms with van der Waals surface area (Å²) in [6, 6.07) is 0. The van der Waals surface area contributed by atoms with E-state index in [2.05, 4.69) is 13.5 Å². The van der Waals surface area contributed by atoms with E-state index in [1.807, 2.05) is 19.0 Å². The number of carbonyl (C=O) groups is 1. The molecule has 84 valence electrons. The van der Waals surface area contributed by atoms with Crippen LogP contribution in [0.4, 0.5) is 0 Å². The highest BCUT2D eigenvalue weighted by atomic mass is 35.5. The van der Waals surface area contributed by atoms with Crippen molar-refractivity contribution in [2.24, 2.45) is 0 Å².